The van der Waals surface area contributed by atoms with Crippen molar-refractivity contribution in [3.63, 3.8) is 0 Å². The Morgan fingerprint density at radius 2 is 1.08 bits per heavy atom. The standard InChI is InChI=1S/C32H20Cl2N10O2S2/c1-13-21-14(2)29(27(46)25-23(38)20(12-36)31(40)44(42-25)18-9-5-16(34)6-10-18)48-32(21)47-28(13)26(45)24-22(37)19(11-35)30(39)43(41-24)17-7-3-15(33)4-8-17/h3-10,39-40H,37-38H2,1-2H3. The van der Waals surface area contributed by atoms with Gasteiger partial charge in [0.15, 0.2) is 22.4 Å². The number of nitrogens with two attached hydrogens (primary N) is 2. The van der Waals surface area contributed by atoms with Crippen LogP contribution in [0.1, 0.15) is 53.0 Å². The van der Waals surface area contributed by atoms with Gasteiger partial charge in [-0.2, -0.15) is 20.7 Å². The molecule has 0 bridgehead atoms. The van der Waals surface area contributed by atoms with Crippen LogP contribution in [0.2, 0.25) is 10.0 Å². The molecule has 12 nitrogen and oxygen atoms in total. The van der Waals surface area contributed by atoms with Crippen LogP contribution in [0.25, 0.3) is 20.8 Å². The fraction of sp³-hybridized carbons (Fsp3) is 0.0625. The number of hydrogen-bond acceptors (Lipinski definition) is 12. The minimum Gasteiger partial charge on any atom is -0.396 e. The summed E-state index contributed by atoms with van der Waals surface area (Å²) >= 11 is 14.3. The van der Waals surface area contributed by atoms with Crippen LogP contribution in [0, 0.1) is 47.3 Å². The Balaban J connectivity index is 1.45. The molecule has 6 rings (SSSR count). The van der Waals surface area contributed by atoms with Crippen LogP contribution in [0.5, 0.6) is 0 Å². The highest BCUT2D eigenvalue weighted by Crippen LogP contribution is 2.42. The van der Waals surface area contributed by atoms with Crippen molar-refractivity contribution in [2.45, 2.75) is 13.8 Å². The number of nitrogens with one attached hydrogen (secondary N) is 2. The van der Waals surface area contributed by atoms with Gasteiger partial charge in [0.1, 0.15) is 23.3 Å². The molecule has 16 heteroatoms. The number of rotatable bonds is 6. The lowest BCUT2D eigenvalue weighted by molar-refractivity contribution is 0.102. The molecule has 0 aliphatic carbocycles. The van der Waals surface area contributed by atoms with Crippen molar-refractivity contribution in [2.75, 3.05) is 11.5 Å². The predicted molar refractivity (Wildman–Crippen MR) is 183 cm³/mol. The van der Waals surface area contributed by atoms with Gasteiger partial charge in [0.25, 0.3) is 0 Å². The molecule has 4 heterocycles. The number of hydrogen-bond donors (Lipinski definition) is 4. The Labute approximate surface area is 289 Å². The molecule has 0 saturated carbocycles. The van der Waals surface area contributed by atoms with Crippen LogP contribution in [-0.4, -0.2) is 31.1 Å². The number of halogens is 2. The summed E-state index contributed by atoms with van der Waals surface area (Å²) in [6, 6.07) is 16.6. The van der Waals surface area contributed by atoms with Gasteiger partial charge >= 0.3 is 0 Å². The van der Waals surface area contributed by atoms with E-state index < -0.39 is 11.6 Å². The zero-order chi connectivity index (χ0) is 34.6. The van der Waals surface area contributed by atoms with E-state index in [1.807, 2.05) is 12.1 Å². The lowest BCUT2D eigenvalue weighted by Gasteiger charge is -2.12. The quantitative estimate of drug-likeness (QED) is 0.159. The number of carbonyl (C=O) groups excluding carboxylic acids is 2. The molecule has 0 aliphatic heterocycles. The summed E-state index contributed by atoms with van der Waals surface area (Å²) in [7, 11) is 0. The van der Waals surface area contributed by atoms with Crippen LogP contribution in [0.3, 0.4) is 0 Å². The number of aryl methyl sites for hydroxylation is 2. The largest absolute Gasteiger partial charge is 0.396 e. The minimum atomic E-state index is -0.551. The van der Waals surface area contributed by atoms with E-state index in [2.05, 4.69) is 10.2 Å². The first kappa shape index (κ1) is 32.3. The lowest BCUT2D eigenvalue weighted by atomic mass is 10.0. The van der Waals surface area contributed by atoms with Crippen molar-refractivity contribution in [1.29, 1.82) is 21.3 Å². The molecule has 0 radical (unpaired) electrons. The fourth-order valence-corrected chi connectivity index (χ4v) is 8.13. The molecule has 2 aromatic carbocycles. The summed E-state index contributed by atoms with van der Waals surface area (Å²) in [6.07, 6.45) is 0. The van der Waals surface area contributed by atoms with Gasteiger partial charge in [-0.15, -0.1) is 22.7 Å². The summed E-state index contributed by atoms with van der Waals surface area (Å²) in [6.45, 7) is 3.47. The van der Waals surface area contributed by atoms with Crippen molar-refractivity contribution >= 4 is 78.2 Å². The molecular weight excluding hydrogens is 691 g/mol. The Morgan fingerprint density at radius 1 is 0.729 bits per heavy atom. The number of carbonyl (C=O) groups is 2. The number of benzene rings is 2. The number of anilines is 2. The molecule has 0 amide bonds. The van der Waals surface area contributed by atoms with Gasteiger partial charge in [-0.05, 0) is 73.5 Å². The van der Waals surface area contributed by atoms with Crippen LogP contribution in [0.4, 0.5) is 11.4 Å². The van der Waals surface area contributed by atoms with Crippen molar-refractivity contribution in [1.82, 2.24) is 19.6 Å². The summed E-state index contributed by atoms with van der Waals surface area (Å²) in [4.78, 5) is 28.6. The Morgan fingerprint density at radius 3 is 1.40 bits per heavy atom. The van der Waals surface area contributed by atoms with E-state index in [0.717, 1.165) is 32.0 Å². The maximum Gasteiger partial charge on any atom is 0.225 e. The molecule has 48 heavy (non-hydrogen) atoms. The number of nitrogen functional groups attached to an aromatic ring is 2. The minimum absolute atomic E-state index is 0.202. The van der Waals surface area contributed by atoms with E-state index in [-0.39, 0.29) is 44.9 Å². The fourth-order valence-electron chi connectivity index (χ4n) is 5.14. The molecule has 0 atom stereocenters. The van der Waals surface area contributed by atoms with Gasteiger partial charge in [0.05, 0.1) is 36.5 Å². The zero-order valence-corrected chi connectivity index (χ0v) is 28.0. The van der Waals surface area contributed by atoms with Crippen molar-refractivity contribution in [2.24, 2.45) is 0 Å². The van der Waals surface area contributed by atoms with E-state index >= 15 is 0 Å². The van der Waals surface area contributed by atoms with Crippen molar-refractivity contribution in [3.8, 4) is 23.5 Å². The lowest BCUT2D eigenvalue weighted by Crippen LogP contribution is -2.29. The van der Waals surface area contributed by atoms with E-state index in [4.69, 9.17) is 45.5 Å². The molecule has 0 spiro atoms. The van der Waals surface area contributed by atoms with E-state index in [0.29, 0.717) is 51.7 Å². The highest BCUT2D eigenvalue weighted by molar-refractivity contribution is 7.40. The summed E-state index contributed by atoms with van der Waals surface area (Å²) < 4.78 is 2.95. The van der Waals surface area contributed by atoms with Crippen molar-refractivity contribution in [3.05, 3.63) is 113 Å². The SMILES string of the molecule is Cc1c(C(=O)c2nn(-c3ccc(Cl)cc3)c(=N)c(C#N)c2N)sc2sc(C(=O)c3nn(-c4ccc(Cl)cc4)c(=N)c(C#N)c3N)c(C)c12. The second kappa shape index (κ2) is 12.2. The number of nitrogens with zero attached hydrogens (tertiary/aromatic N) is 6. The van der Waals surface area contributed by atoms with Gasteiger partial charge in [-0.25, -0.2) is 9.36 Å². The maximum atomic E-state index is 14.0. The smallest absolute Gasteiger partial charge is 0.225 e. The number of ketones is 2. The van der Waals surface area contributed by atoms with Crippen molar-refractivity contribution < 1.29 is 9.59 Å². The first-order valence-electron chi connectivity index (χ1n) is 13.8. The average Bonchev–Trinajstić information content (AvgIpc) is 3.57. The second-order valence-electron chi connectivity index (χ2n) is 10.4. The maximum absolute atomic E-state index is 14.0. The Kier molecular flexibility index (Phi) is 8.20. The van der Waals surface area contributed by atoms with Gasteiger partial charge in [0.2, 0.25) is 11.6 Å². The van der Waals surface area contributed by atoms with Crippen LogP contribution >= 0.6 is 45.9 Å². The molecule has 0 unspecified atom stereocenters. The molecule has 236 valence electrons. The van der Waals surface area contributed by atoms with E-state index in [1.54, 1.807) is 62.4 Å². The first-order valence-corrected chi connectivity index (χ1v) is 16.2. The van der Waals surface area contributed by atoms with Crippen LogP contribution in [0.15, 0.2) is 48.5 Å². The number of thiophene rings is 2. The molecule has 6 aromatic rings. The first-order chi connectivity index (χ1) is 22.9. The van der Waals surface area contributed by atoms with Gasteiger partial charge in [-0.3, -0.25) is 20.4 Å². The zero-order valence-electron chi connectivity index (χ0n) is 24.8. The molecule has 0 saturated heterocycles. The van der Waals surface area contributed by atoms with Crippen LogP contribution in [-0.2, 0) is 0 Å². The van der Waals surface area contributed by atoms with Gasteiger partial charge in [0, 0.05) is 15.4 Å². The van der Waals surface area contributed by atoms with E-state index in [1.165, 1.54) is 0 Å². The topological polar surface area (TPSA) is 217 Å². The Hall–Kier alpha value is -5.64. The van der Waals surface area contributed by atoms with Gasteiger partial charge in [-0.1, -0.05) is 23.2 Å². The summed E-state index contributed by atoms with van der Waals surface area (Å²) in [5, 5.41) is 46.9. The highest BCUT2D eigenvalue weighted by Gasteiger charge is 2.30. The second-order valence-corrected chi connectivity index (χ2v) is 13.6. The van der Waals surface area contributed by atoms with E-state index in [9.17, 15) is 20.1 Å². The number of aromatic nitrogens is 4. The molecule has 6 N–H and O–H groups in total. The average molecular weight is 712 g/mol. The highest BCUT2D eigenvalue weighted by atomic mass is 35.5. The number of nitriles is 2. The van der Waals surface area contributed by atoms with Gasteiger partial charge < -0.3 is 11.5 Å². The molecule has 0 fully saturated rings. The Bertz CT molecular complexity index is 2390. The number of fused-ring (bicyclic) bond motifs is 1. The summed E-state index contributed by atoms with van der Waals surface area (Å²) in [5.41, 5.74) is 12.6. The molecule has 4 aromatic heterocycles. The normalized spacial score (nSPS) is 11.0. The third-order valence-corrected chi connectivity index (χ3v) is 10.8. The third kappa shape index (κ3) is 5.13. The van der Waals surface area contributed by atoms with Crippen LogP contribution < -0.4 is 22.4 Å². The monoisotopic (exact) mass is 710 g/mol. The molecule has 0 aliphatic rings. The summed E-state index contributed by atoms with van der Waals surface area (Å²) in [5.74, 6) is -1.10. The predicted octanol–water partition coefficient (Wildman–Crippen LogP) is 5.59. The third-order valence-electron chi connectivity index (χ3n) is 7.58. The molecular formula is C32H20Cl2N10O2S2.